The van der Waals surface area contributed by atoms with Gasteiger partial charge < -0.3 is 0 Å². The van der Waals surface area contributed by atoms with E-state index in [1.807, 2.05) is 0 Å². The second-order valence-corrected chi connectivity index (χ2v) is 7.68. The molecule has 0 aliphatic heterocycles. The van der Waals surface area contributed by atoms with Crippen molar-refractivity contribution in [3.63, 3.8) is 0 Å². The topological polar surface area (TPSA) is 8.81 Å². The highest BCUT2D eigenvalue weighted by molar-refractivity contribution is 7.98. The van der Waals surface area contributed by atoms with Crippen LogP contribution < -0.4 is 4.57 Å². The van der Waals surface area contributed by atoms with Gasteiger partial charge in [0.05, 0.1) is 4.90 Å². The van der Waals surface area contributed by atoms with E-state index in [1.165, 1.54) is 44.2 Å². The molecule has 0 radical (unpaired) electrons. The van der Waals surface area contributed by atoms with Crippen LogP contribution in [0.4, 0.5) is 0 Å². The van der Waals surface area contributed by atoms with Crippen LogP contribution in [0.5, 0.6) is 0 Å². The van der Waals surface area contributed by atoms with E-state index in [1.54, 1.807) is 11.8 Å². The van der Waals surface area contributed by atoms with Crippen LogP contribution in [0.25, 0.3) is 5.69 Å². The first kappa shape index (κ1) is 17.8. The number of benzene rings is 2. The average Bonchev–Trinajstić information content (AvgIpc) is 2.86. The standard InChI is InChI=1S/C22H27N2S/c1-15-11-16(2)20(17(3)12-15)13-23-14-24(19(5)18(23)4)21-9-7-8-10-22(21)25-6/h7-12,14H,13H2,1-6H3/q+1. The van der Waals surface area contributed by atoms with E-state index in [-0.39, 0.29) is 0 Å². The molecule has 0 fully saturated rings. The molecule has 3 rings (SSSR count). The number of rotatable bonds is 4. The van der Waals surface area contributed by atoms with Crippen molar-refractivity contribution in [2.75, 3.05) is 6.26 Å². The molecule has 0 saturated carbocycles. The first-order valence-electron chi connectivity index (χ1n) is 8.70. The first-order chi connectivity index (χ1) is 11.9. The number of imidazole rings is 1. The van der Waals surface area contributed by atoms with E-state index in [4.69, 9.17) is 0 Å². The Labute approximate surface area is 155 Å². The number of hydrogen-bond acceptors (Lipinski definition) is 1. The second-order valence-electron chi connectivity index (χ2n) is 6.83. The molecule has 0 aliphatic rings. The molecule has 0 unspecified atom stereocenters. The molecule has 0 atom stereocenters. The Kier molecular flexibility index (Phi) is 5.05. The number of hydrogen-bond donors (Lipinski definition) is 0. The molecule has 3 heteroatoms. The van der Waals surface area contributed by atoms with Crippen LogP contribution in [0.3, 0.4) is 0 Å². The molecule has 2 aromatic carbocycles. The zero-order valence-electron chi connectivity index (χ0n) is 16.1. The molecule has 3 aromatic rings. The van der Waals surface area contributed by atoms with Gasteiger partial charge in [0, 0.05) is 13.8 Å². The van der Waals surface area contributed by atoms with Gasteiger partial charge in [-0.05, 0) is 55.9 Å². The molecule has 25 heavy (non-hydrogen) atoms. The fourth-order valence-corrected chi connectivity index (χ4v) is 4.15. The number of para-hydroxylation sites is 1. The van der Waals surface area contributed by atoms with Crippen molar-refractivity contribution < 1.29 is 4.57 Å². The Hall–Kier alpha value is -2.00. The zero-order valence-corrected chi connectivity index (χ0v) is 16.9. The number of thioether (sulfide) groups is 1. The van der Waals surface area contributed by atoms with Crippen LogP contribution >= 0.6 is 11.8 Å². The normalized spacial score (nSPS) is 11.1. The Morgan fingerprint density at radius 1 is 0.960 bits per heavy atom. The fourth-order valence-electron chi connectivity index (χ4n) is 3.56. The molecule has 0 bridgehead atoms. The molecule has 0 N–H and O–H groups in total. The predicted octanol–water partition coefficient (Wildman–Crippen LogP) is 5.08. The third-order valence-electron chi connectivity index (χ3n) is 5.08. The molecular weight excluding hydrogens is 324 g/mol. The smallest absolute Gasteiger partial charge is 0.229 e. The van der Waals surface area contributed by atoms with Crippen LogP contribution in [-0.2, 0) is 6.54 Å². The molecule has 0 saturated heterocycles. The van der Waals surface area contributed by atoms with E-state index in [0.717, 1.165) is 6.54 Å². The van der Waals surface area contributed by atoms with Gasteiger partial charge in [-0.1, -0.05) is 29.8 Å². The van der Waals surface area contributed by atoms with Gasteiger partial charge in [-0.3, -0.25) is 0 Å². The molecule has 0 aliphatic carbocycles. The van der Waals surface area contributed by atoms with E-state index in [2.05, 4.69) is 92.7 Å². The van der Waals surface area contributed by atoms with Crippen molar-refractivity contribution in [3.05, 3.63) is 76.4 Å². The van der Waals surface area contributed by atoms with Crippen LogP contribution in [0.15, 0.2) is 47.6 Å². The second kappa shape index (κ2) is 7.09. The number of nitrogens with zero attached hydrogens (tertiary/aromatic N) is 2. The molecular formula is C22H27N2S+. The fraction of sp³-hybridized carbons (Fsp3) is 0.318. The summed E-state index contributed by atoms with van der Waals surface area (Å²) in [6.45, 7) is 11.9. The molecule has 0 spiro atoms. The Balaban J connectivity index is 2.06. The quantitative estimate of drug-likeness (QED) is 0.470. The third kappa shape index (κ3) is 3.38. The number of aromatic nitrogens is 2. The third-order valence-corrected chi connectivity index (χ3v) is 5.87. The summed E-state index contributed by atoms with van der Waals surface area (Å²) in [4.78, 5) is 1.30. The summed E-state index contributed by atoms with van der Waals surface area (Å²) in [6.07, 6.45) is 4.38. The van der Waals surface area contributed by atoms with Gasteiger partial charge in [-0.2, -0.15) is 4.57 Å². The minimum atomic E-state index is 0.916. The van der Waals surface area contributed by atoms with Crippen molar-refractivity contribution in [2.45, 2.75) is 46.1 Å². The SMILES string of the molecule is CSc1ccccc1-n1c[n+](Cc2c(C)cc(C)cc2C)c(C)c1C. The van der Waals surface area contributed by atoms with Crippen LogP contribution in [0, 0.1) is 34.6 Å². The van der Waals surface area contributed by atoms with Crippen molar-refractivity contribution in [3.8, 4) is 5.69 Å². The van der Waals surface area contributed by atoms with E-state index >= 15 is 0 Å². The first-order valence-corrected chi connectivity index (χ1v) is 9.93. The number of aryl methyl sites for hydroxylation is 3. The summed E-state index contributed by atoms with van der Waals surface area (Å²) in [6, 6.07) is 13.2. The Bertz CT molecular complexity index is 899. The molecule has 2 nitrogen and oxygen atoms in total. The maximum atomic E-state index is 2.37. The predicted molar refractivity (Wildman–Crippen MR) is 107 cm³/mol. The Morgan fingerprint density at radius 2 is 1.60 bits per heavy atom. The van der Waals surface area contributed by atoms with Crippen LogP contribution in [0.2, 0.25) is 0 Å². The van der Waals surface area contributed by atoms with Gasteiger partial charge in [-0.15, -0.1) is 11.8 Å². The minimum absolute atomic E-state index is 0.916. The van der Waals surface area contributed by atoms with Gasteiger partial charge in [0.1, 0.15) is 23.6 Å². The summed E-state index contributed by atoms with van der Waals surface area (Å²) >= 11 is 1.79. The van der Waals surface area contributed by atoms with Crippen molar-refractivity contribution in [1.82, 2.24) is 4.57 Å². The van der Waals surface area contributed by atoms with Crippen molar-refractivity contribution in [2.24, 2.45) is 0 Å². The monoisotopic (exact) mass is 351 g/mol. The molecule has 130 valence electrons. The van der Waals surface area contributed by atoms with Gasteiger partial charge in [0.2, 0.25) is 6.33 Å². The largest absolute Gasteiger partial charge is 0.249 e. The van der Waals surface area contributed by atoms with Gasteiger partial charge >= 0.3 is 0 Å². The molecule has 0 amide bonds. The van der Waals surface area contributed by atoms with Crippen molar-refractivity contribution >= 4 is 11.8 Å². The minimum Gasteiger partial charge on any atom is -0.229 e. The molecule has 1 heterocycles. The maximum Gasteiger partial charge on any atom is 0.249 e. The van der Waals surface area contributed by atoms with E-state index in [0.29, 0.717) is 0 Å². The van der Waals surface area contributed by atoms with Gasteiger partial charge in [-0.25, -0.2) is 4.57 Å². The highest BCUT2D eigenvalue weighted by Gasteiger charge is 2.20. The average molecular weight is 352 g/mol. The summed E-state index contributed by atoms with van der Waals surface area (Å²) in [7, 11) is 0. The summed E-state index contributed by atoms with van der Waals surface area (Å²) in [5.74, 6) is 0. The van der Waals surface area contributed by atoms with Gasteiger partial charge in [0.15, 0.2) is 0 Å². The van der Waals surface area contributed by atoms with Gasteiger partial charge in [0.25, 0.3) is 0 Å². The van der Waals surface area contributed by atoms with E-state index in [9.17, 15) is 0 Å². The summed E-state index contributed by atoms with van der Waals surface area (Å²) in [5, 5.41) is 0. The highest BCUT2D eigenvalue weighted by atomic mass is 32.2. The lowest BCUT2D eigenvalue weighted by molar-refractivity contribution is -0.693. The van der Waals surface area contributed by atoms with Crippen LogP contribution in [0.1, 0.15) is 33.6 Å². The van der Waals surface area contributed by atoms with E-state index < -0.39 is 0 Å². The lowest BCUT2D eigenvalue weighted by Gasteiger charge is -2.10. The zero-order chi connectivity index (χ0) is 18.1. The summed E-state index contributed by atoms with van der Waals surface area (Å²) < 4.78 is 4.69. The van der Waals surface area contributed by atoms with Crippen LogP contribution in [-0.4, -0.2) is 10.8 Å². The Morgan fingerprint density at radius 3 is 2.24 bits per heavy atom. The lowest BCUT2D eigenvalue weighted by Crippen LogP contribution is -2.36. The molecule has 1 aromatic heterocycles. The highest BCUT2D eigenvalue weighted by Crippen LogP contribution is 2.25. The van der Waals surface area contributed by atoms with Crippen molar-refractivity contribution in [1.29, 1.82) is 0 Å². The summed E-state index contributed by atoms with van der Waals surface area (Å²) in [5.41, 5.74) is 9.38. The maximum absolute atomic E-state index is 2.37. The lowest BCUT2D eigenvalue weighted by atomic mass is 10.00.